The minimum atomic E-state index is -0.0498. The monoisotopic (exact) mass is 370 g/mol. The minimum absolute atomic E-state index is 0.0498. The second kappa shape index (κ2) is 7.56. The third-order valence-electron chi connectivity index (χ3n) is 6.14. The van der Waals surface area contributed by atoms with Crippen molar-refractivity contribution in [2.75, 3.05) is 47.3 Å². The van der Waals surface area contributed by atoms with Crippen molar-refractivity contribution >= 4 is 11.6 Å². The van der Waals surface area contributed by atoms with Gasteiger partial charge in [-0.15, -0.1) is 0 Å². The molecule has 2 fully saturated rings. The molecule has 2 aliphatic rings. The first-order valence-corrected chi connectivity index (χ1v) is 10.0. The molecule has 2 aromatic heterocycles. The summed E-state index contributed by atoms with van der Waals surface area (Å²) in [7, 11) is 5.74. The van der Waals surface area contributed by atoms with Crippen molar-refractivity contribution in [2.45, 2.75) is 37.6 Å². The van der Waals surface area contributed by atoms with Crippen molar-refractivity contribution < 1.29 is 4.79 Å². The lowest BCUT2D eigenvalue weighted by Crippen LogP contribution is -2.47. The largest absolute Gasteiger partial charge is 0.345 e. The molecule has 2 saturated heterocycles. The lowest BCUT2D eigenvalue weighted by molar-refractivity contribution is 0.0829. The zero-order valence-electron chi connectivity index (χ0n) is 16.6. The minimum Gasteiger partial charge on any atom is -0.345 e. The summed E-state index contributed by atoms with van der Waals surface area (Å²) in [5.41, 5.74) is 2.42. The van der Waals surface area contributed by atoms with Crippen LogP contribution in [0.25, 0.3) is 5.65 Å². The number of carbonyl (C=O) groups excluding carboxylic acids is 1. The van der Waals surface area contributed by atoms with Crippen LogP contribution in [0.5, 0.6) is 0 Å². The van der Waals surface area contributed by atoms with E-state index < -0.39 is 0 Å². The van der Waals surface area contributed by atoms with Crippen molar-refractivity contribution in [3.8, 4) is 0 Å². The lowest BCUT2D eigenvalue weighted by Gasteiger charge is -2.41. The Morgan fingerprint density at radius 3 is 2.70 bits per heavy atom. The number of fused-ring (bicyclic) bond motifs is 1. The van der Waals surface area contributed by atoms with E-state index >= 15 is 0 Å². The van der Waals surface area contributed by atoms with Crippen LogP contribution in [0, 0.1) is 0 Å². The fourth-order valence-corrected chi connectivity index (χ4v) is 4.55. The maximum absolute atomic E-state index is 12.4. The smallest absolute Gasteiger partial charge is 0.258 e. The van der Waals surface area contributed by atoms with Crippen LogP contribution in [0.15, 0.2) is 18.5 Å². The zero-order chi connectivity index (χ0) is 19.0. The Hall–Kier alpha value is -1.99. The van der Waals surface area contributed by atoms with Gasteiger partial charge in [-0.05, 0) is 58.4 Å². The molecule has 7 heteroatoms. The van der Waals surface area contributed by atoms with E-state index in [1.165, 1.54) is 51.0 Å². The van der Waals surface area contributed by atoms with Crippen molar-refractivity contribution in [3.63, 3.8) is 0 Å². The van der Waals surface area contributed by atoms with Crippen molar-refractivity contribution in [3.05, 3.63) is 29.7 Å². The van der Waals surface area contributed by atoms with Gasteiger partial charge in [0.25, 0.3) is 5.91 Å². The number of piperidine rings is 2. The van der Waals surface area contributed by atoms with Crippen LogP contribution in [-0.2, 0) is 0 Å². The number of hydrogen-bond donors (Lipinski definition) is 0. The van der Waals surface area contributed by atoms with Crippen LogP contribution < -0.4 is 0 Å². The quantitative estimate of drug-likeness (QED) is 0.823. The van der Waals surface area contributed by atoms with E-state index in [1.54, 1.807) is 25.2 Å². The maximum Gasteiger partial charge on any atom is 0.258 e. The number of hydrogen-bond acceptors (Lipinski definition) is 5. The summed E-state index contributed by atoms with van der Waals surface area (Å²) in [4.78, 5) is 23.6. The zero-order valence-corrected chi connectivity index (χ0v) is 16.6. The molecule has 1 amide bonds. The summed E-state index contributed by atoms with van der Waals surface area (Å²) >= 11 is 0. The van der Waals surface area contributed by atoms with Crippen LogP contribution in [0.2, 0.25) is 0 Å². The number of nitrogens with zero attached hydrogens (tertiary/aromatic N) is 6. The van der Waals surface area contributed by atoms with Gasteiger partial charge in [-0.25, -0.2) is 9.50 Å². The van der Waals surface area contributed by atoms with E-state index in [0.29, 0.717) is 23.2 Å². The Labute approximate surface area is 160 Å². The highest BCUT2D eigenvalue weighted by Crippen LogP contribution is 2.30. The molecule has 0 aliphatic carbocycles. The van der Waals surface area contributed by atoms with Crippen LogP contribution in [-0.4, -0.2) is 88.6 Å². The maximum atomic E-state index is 12.4. The summed E-state index contributed by atoms with van der Waals surface area (Å²) in [6.45, 7) is 4.66. The number of amides is 1. The molecule has 7 nitrogen and oxygen atoms in total. The van der Waals surface area contributed by atoms with Gasteiger partial charge in [0.2, 0.25) is 0 Å². The molecule has 0 unspecified atom stereocenters. The molecule has 0 spiro atoms. The molecule has 0 radical (unpaired) electrons. The molecule has 146 valence electrons. The van der Waals surface area contributed by atoms with E-state index in [-0.39, 0.29) is 5.91 Å². The summed E-state index contributed by atoms with van der Waals surface area (Å²) in [5.74, 6) is 0.386. The Kier molecular flexibility index (Phi) is 5.14. The van der Waals surface area contributed by atoms with E-state index in [0.717, 1.165) is 6.54 Å². The number of carbonyl (C=O) groups is 1. The van der Waals surface area contributed by atoms with Crippen molar-refractivity contribution in [2.24, 2.45) is 0 Å². The summed E-state index contributed by atoms with van der Waals surface area (Å²) in [5, 5.41) is 4.53. The summed E-state index contributed by atoms with van der Waals surface area (Å²) in [6.07, 6.45) is 8.39. The van der Waals surface area contributed by atoms with Crippen LogP contribution in [0.3, 0.4) is 0 Å². The van der Waals surface area contributed by atoms with E-state index in [9.17, 15) is 4.79 Å². The molecule has 0 bridgehead atoms. The van der Waals surface area contributed by atoms with Gasteiger partial charge in [0.15, 0.2) is 5.65 Å². The Balaban J connectivity index is 1.57. The summed E-state index contributed by atoms with van der Waals surface area (Å²) < 4.78 is 1.89. The van der Waals surface area contributed by atoms with Gasteiger partial charge < -0.3 is 9.80 Å². The molecule has 4 heterocycles. The van der Waals surface area contributed by atoms with Gasteiger partial charge >= 0.3 is 0 Å². The molecular formula is C20H30N6O. The first-order valence-electron chi connectivity index (χ1n) is 10.0. The third kappa shape index (κ3) is 3.58. The average Bonchev–Trinajstić information content (AvgIpc) is 3.12. The number of aromatic nitrogens is 3. The Bertz CT molecular complexity index is 808. The molecule has 0 N–H and O–H groups in total. The van der Waals surface area contributed by atoms with Gasteiger partial charge in [0, 0.05) is 38.8 Å². The fourth-order valence-electron chi connectivity index (χ4n) is 4.55. The molecule has 0 saturated carbocycles. The predicted octanol–water partition coefficient (Wildman–Crippen LogP) is 1.70. The van der Waals surface area contributed by atoms with E-state index in [4.69, 9.17) is 0 Å². The molecular weight excluding hydrogens is 340 g/mol. The number of likely N-dealkylation sites (tertiary alicyclic amines) is 2. The Morgan fingerprint density at radius 1 is 1.19 bits per heavy atom. The average molecular weight is 371 g/mol. The SMILES string of the molecule is CN1CCC(N2CCC[C@@H](c3ccnc4c(C(=O)N(C)C)cnn34)C2)CC1. The normalized spacial score (nSPS) is 23.0. The molecule has 2 aromatic rings. The topological polar surface area (TPSA) is 57.0 Å². The standard InChI is InChI=1S/C20H30N6O/c1-23(2)20(27)17-13-22-26-18(6-9-21-19(17)26)15-5-4-10-25(14-15)16-7-11-24(3)12-8-16/h6,9,13,15-16H,4-5,7-8,10-12,14H2,1-3H3/t15-/m1/s1. The first-order chi connectivity index (χ1) is 13.0. The van der Waals surface area contributed by atoms with Gasteiger partial charge in [0.05, 0.1) is 11.9 Å². The fraction of sp³-hybridized carbons (Fsp3) is 0.650. The highest BCUT2D eigenvalue weighted by Gasteiger charge is 2.30. The highest BCUT2D eigenvalue weighted by molar-refractivity contribution is 5.99. The molecule has 27 heavy (non-hydrogen) atoms. The van der Waals surface area contributed by atoms with Gasteiger partial charge in [-0.3, -0.25) is 9.69 Å². The van der Waals surface area contributed by atoms with Gasteiger partial charge in [-0.1, -0.05) is 0 Å². The molecule has 1 atom stereocenters. The van der Waals surface area contributed by atoms with Crippen molar-refractivity contribution in [1.82, 2.24) is 29.3 Å². The van der Waals surface area contributed by atoms with Gasteiger partial charge in [-0.2, -0.15) is 5.10 Å². The second-order valence-corrected chi connectivity index (χ2v) is 8.23. The molecule has 2 aliphatic heterocycles. The second-order valence-electron chi connectivity index (χ2n) is 8.23. The number of rotatable bonds is 3. The van der Waals surface area contributed by atoms with Crippen molar-refractivity contribution in [1.29, 1.82) is 0 Å². The van der Waals surface area contributed by atoms with Crippen LogP contribution >= 0.6 is 0 Å². The van der Waals surface area contributed by atoms with Gasteiger partial charge in [0.1, 0.15) is 5.56 Å². The van der Waals surface area contributed by atoms with Crippen LogP contribution in [0.4, 0.5) is 0 Å². The predicted molar refractivity (Wildman–Crippen MR) is 105 cm³/mol. The van der Waals surface area contributed by atoms with Crippen LogP contribution in [0.1, 0.15) is 47.7 Å². The molecule has 0 aromatic carbocycles. The summed E-state index contributed by atoms with van der Waals surface area (Å²) in [6, 6.07) is 2.78. The lowest BCUT2D eigenvalue weighted by atomic mass is 9.91. The molecule has 4 rings (SSSR count). The third-order valence-corrected chi connectivity index (χ3v) is 6.14. The van der Waals surface area contributed by atoms with E-state index in [2.05, 4.69) is 33.0 Å². The Morgan fingerprint density at radius 2 is 1.96 bits per heavy atom. The van der Waals surface area contributed by atoms with E-state index in [1.807, 2.05) is 10.7 Å². The first kappa shape index (κ1) is 18.4. The highest BCUT2D eigenvalue weighted by atomic mass is 16.2.